The van der Waals surface area contributed by atoms with E-state index in [-0.39, 0.29) is 12.1 Å². The number of nitrogens with two attached hydrogens (primary N) is 1. The molecule has 72 valence electrons. The van der Waals surface area contributed by atoms with Crippen LogP contribution in [0.3, 0.4) is 0 Å². The molecule has 1 rings (SSSR count). The molecule has 0 aromatic carbocycles. The molecule has 1 aliphatic rings. The van der Waals surface area contributed by atoms with Gasteiger partial charge < -0.3 is 10.5 Å². The average Bonchev–Trinajstić information content (AvgIpc) is 2.03. The van der Waals surface area contributed by atoms with Gasteiger partial charge in [0.2, 0.25) is 0 Å². The van der Waals surface area contributed by atoms with Crippen molar-refractivity contribution in [3.8, 4) is 0 Å². The summed E-state index contributed by atoms with van der Waals surface area (Å²) in [6.45, 7) is 8.66. The van der Waals surface area contributed by atoms with Gasteiger partial charge in [-0.25, -0.2) is 0 Å². The molecule has 1 aliphatic carbocycles. The number of rotatable bonds is 2. The van der Waals surface area contributed by atoms with Crippen molar-refractivity contribution in [3.63, 3.8) is 0 Å². The van der Waals surface area contributed by atoms with E-state index in [1.807, 2.05) is 0 Å². The number of ether oxygens (including phenoxy) is 1. The minimum absolute atomic E-state index is 0.238. The predicted molar refractivity (Wildman–Crippen MR) is 51.0 cm³/mol. The Labute approximate surface area is 75.5 Å². The van der Waals surface area contributed by atoms with Crippen molar-refractivity contribution in [3.05, 3.63) is 0 Å². The maximum Gasteiger partial charge on any atom is 0.0734 e. The number of hydrogen-bond donors (Lipinski definition) is 1. The summed E-state index contributed by atoms with van der Waals surface area (Å²) in [5.41, 5.74) is 6.35. The van der Waals surface area contributed by atoms with Gasteiger partial charge in [0, 0.05) is 6.04 Å². The fourth-order valence-electron chi connectivity index (χ4n) is 2.05. The van der Waals surface area contributed by atoms with Crippen LogP contribution in [0.5, 0.6) is 0 Å². The first-order valence-electron chi connectivity index (χ1n) is 4.82. The van der Waals surface area contributed by atoms with E-state index in [0.717, 1.165) is 12.8 Å². The standard InChI is InChI=1S/C10H21NO/c1-7(2)12-9-6-10(3,4)5-8(9)11/h7-9H,5-6,11H2,1-4H3/t8-,9-/m0/s1. The summed E-state index contributed by atoms with van der Waals surface area (Å²) in [6, 6.07) is 0.238. The molecular weight excluding hydrogens is 150 g/mol. The first-order valence-corrected chi connectivity index (χ1v) is 4.82. The van der Waals surface area contributed by atoms with E-state index in [4.69, 9.17) is 10.5 Å². The van der Waals surface area contributed by atoms with E-state index in [0.29, 0.717) is 11.5 Å². The lowest BCUT2D eigenvalue weighted by molar-refractivity contribution is -0.000198. The monoisotopic (exact) mass is 171 g/mol. The lowest BCUT2D eigenvalue weighted by atomic mass is 9.92. The van der Waals surface area contributed by atoms with Crippen LogP contribution in [0.25, 0.3) is 0 Å². The molecular formula is C10H21NO. The van der Waals surface area contributed by atoms with E-state index in [9.17, 15) is 0 Å². The Morgan fingerprint density at radius 1 is 1.33 bits per heavy atom. The molecule has 0 amide bonds. The second kappa shape index (κ2) is 3.35. The highest BCUT2D eigenvalue weighted by Crippen LogP contribution is 2.38. The van der Waals surface area contributed by atoms with Gasteiger partial charge >= 0.3 is 0 Å². The summed E-state index contributed by atoms with van der Waals surface area (Å²) in [6.07, 6.45) is 2.77. The SMILES string of the molecule is CC(C)O[C@H]1CC(C)(C)C[C@@H]1N. The van der Waals surface area contributed by atoms with Crippen LogP contribution in [0.4, 0.5) is 0 Å². The summed E-state index contributed by atoms with van der Waals surface area (Å²) < 4.78 is 5.73. The van der Waals surface area contributed by atoms with E-state index in [1.54, 1.807) is 0 Å². The highest BCUT2D eigenvalue weighted by Gasteiger charge is 2.38. The Hall–Kier alpha value is -0.0800. The third-order valence-electron chi connectivity index (χ3n) is 2.47. The first kappa shape index (κ1) is 10.0. The maximum atomic E-state index is 5.98. The molecule has 0 aliphatic heterocycles. The van der Waals surface area contributed by atoms with Crippen LogP contribution < -0.4 is 5.73 Å². The zero-order valence-electron chi connectivity index (χ0n) is 8.63. The Morgan fingerprint density at radius 2 is 1.92 bits per heavy atom. The van der Waals surface area contributed by atoms with E-state index >= 15 is 0 Å². The lowest BCUT2D eigenvalue weighted by Gasteiger charge is -2.19. The zero-order chi connectivity index (χ0) is 9.35. The predicted octanol–water partition coefficient (Wildman–Crippen LogP) is 1.93. The van der Waals surface area contributed by atoms with E-state index < -0.39 is 0 Å². The summed E-state index contributed by atoms with van der Waals surface area (Å²) >= 11 is 0. The van der Waals surface area contributed by atoms with Gasteiger partial charge in [0.15, 0.2) is 0 Å². The summed E-state index contributed by atoms with van der Waals surface area (Å²) in [5, 5.41) is 0. The molecule has 0 bridgehead atoms. The molecule has 0 aromatic rings. The van der Waals surface area contributed by atoms with E-state index in [2.05, 4.69) is 27.7 Å². The molecule has 1 saturated carbocycles. The Morgan fingerprint density at radius 3 is 2.25 bits per heavy atom. The van der Waals surface area contributed by atoms with Crippen molar-refractivity contribution in [1.29, 1.82) is 0 Å². The van der Waals surface area contributed by atoms with Crippen LogP contribution >= 0.6 is 0 Å². The van der Waals surface area contributed by atoms with Gasteiger partial charge in [0.05, 0.1) is 12.2 Å². The smallest absolute Gasteiger partial charge is 0.0734 e. The van der Waals surface area contributed by atoms with Crippen molar-refractivity contribution in [2.75, 3.05) is 0 Å². The van der Waals surface area contributed by atoms with Crippen molar-refractivity contribution >= 4 is 0 Å². The lowest BCUT2D eigenvalue weighted by Crippen LogP contribution is -2.33. The molecule has 0 unspecified atom stereocenters. The summed E-state index contributed by atoms with van der Waals surface area (Å²) in [7, 11) is 0. The van der Waals surface area contributed by atoms with Crippen LogP contribution in [0, 0.1) is 5.41 Å². The zero-order valence-corrected chi connectivity index (χ0v) is 8.63. The quantitative estimate of drug-likeness (QED) is 0.689. The minimum atomic E-state index is 0.238. The molecule has 12 heavy (non-hydrogen) atoms. The molecule has 0 spiro atoms. The average molecular weight is 171 g/mol. The van der Waals surface area contributed by atoms with Crippen LogP contribution in [0.15, 0.2) is 0 Å². The van der Waals surface area contributed by atoms with E-state index in [1.165, 1.54) is 0 Å². The largest absolute Gasteiger partial charge is 0.374 e. The maximum absolute atomic E-state index is 5.98. The molecule has 0 aromatic heterocycles. The van der Waals surface area contributed by atoms with Gasteiger partial charge in [-0.05, 0) is 32.1 Å². The fraction of sp³-hybridized carbons (Fsp3) is 1.00. The van der Waals surface area contributed by atoms with Gasteiger partial charge in [-0.15, -0.1) is 0 Å². The molecule has 2 nitrogen and oxygen atoms in total. The second-order valence-electron chi connectivity index (χ2n) is 4.96. The van der Waals surface area contributed by atoms with Crippen LogP contribution in [0.1, 0.15) is 40.5 Å². The summed E-state index contributed by atoms with van der Waals surface area (Å²) in [4.78, 5) is 0. The molecule has 1 fully saturated rings. The number of hydrogen-bond acceptors (Lipinski definition) is 2. The molecule has 0 radical (unpaired) electrons. The fourth-order valence-corrected chi connectivity index (χ4v) is 2.05. The Balaban J connectivity index is 2.47. The van der Waals surface area contributed by atoms with Gasteiger partial charge in [0.1, 0.15) is 0 Å². The highest BCUT2D eigenvalue weighted by atomic mass is 16.5. The third kappa shape index (κ3) is 2.46. The van der Waals surface area contributed by atoms with Crippen LogP contribution in [0.2, 0.25) is 0 Å². The van der Waals surface area contributed by atoms with Crippen LogP contribution in [-0.2, 0) is 4.74 Å². The highest BCUT2D eigenvalue weighted by molar-refractivity contribution is 4.92. The van der Waals surface area contributed by atoms with Crippen LogP contribution in [-0.4, -0.2) is 18.2 Å². The van der Waals surface area contributed by atoms with Crippen molar-refractivity contribution in [2.24, 2.45) is 11.1 Å². The van der Waals surface area contributed by atoms with Crippen molar-refractivity contribution < 1.29 is 4.74 Å². The molecule has 0 heterocycles. The summed E-state index contributed by atoms with van der Waals surface area (Å²) in [5.74, 6) is 0. The Bertz CT molecular complexity index is 154. The van der Waals surface area contributed by atoms with Gasteiger partial charge in [-0.3, -0.25) is 0 Å². The van der Waals surface area contributed by atoms with Crippen molar-refractivity contribution in [2.45, 2.75) is 58.8 Å². The van der Waals surface area contributed by atoms with Crippen molar-refractivity contribution in [1.82, 2.24) is 0 Å². The normalized spacial score (nSPS) is 34.5. The molecule has 0 saturated heterocycles. The molecule has 2 N–H and O–H groups in total. The second-order valence-corrected chi connectivity index (χ2v) is 4.96. The van der Waals surface area contributed by atoms with Gasteiger partial charge in [0.25, 0.3) is 0 Å². The van der Waals surface area contributed by atoms with Gasteiger partial charge in [-0.1, -0.05) is 13.8 Å². The third-order valence-corrected chi connectivity index (χ3v) is 2.47. The first-order chi connectivity index (χ1) is 5.41. The Kier molecular flexibility index (Phi) is 2.79. The molecule has 2 heteroatoms. The van der Waals surface area contributed by atoms with Gasteiger partial charge in [-0.2, -0.15) is 0 Å². The molecule has 2 atom stereocenters. The topological polar surface area (TPSA) is 35.2 Å². The minimum Gasteiger partial charge on any atom is -0.374 e.